The van der Waals surface area contributed by atoms with E-state index < -0.39 is 17.7 Å². The maximum absolute atomic E-state index is 13.0. The second kappa shape index (κ2) is 7.86. The smallest absolute Gasteiger partial charge is 0.225 e. The molecule has 2 N–H and O–H groups in total. The van der Waals surface area contributed by atoms with Crippen LogP contribution in [-0.4, -0.2) is 30.3 Å². The Hall–Kier alpha value is -1.99. The van der Waals surface area contributed by atoms with Crippen LogP contribution in [0.25, 0.3) is 0 Å². The molecule has 2 rings (SSSR count). The molecule has 1 atom stereocenters. The lowest BCUT2D eigenvalue weighted by molar-refractivity contribution is -0.120. The Bertz CT molecular complexity index is 619. The van der Waals surface area contributed by atoms with E-state index >= 15 is 0 Å². The van der Waals surface area contributed by atoms with Crippen molar-refractivity contribution in [3.8, 4) is 5.75 Å². The number of amides is 1. The summed E-state index contributed by atoms with van der Waals surface area (Å²) in [6, 6.07) is 6.82. The van der Waals surface area contributed by atoms with Crippen molar-refractivity contribution >= 4 is 17.2 Å². The first-order chi connectivity index (χ1) is 10.5. The van der Waals surface area contributed by atoms with Gasteiger partial charge < -0.3 is 15.2 Å². The number of hydrogen-bond donors (Lipinski definition) is 2. The van der Waals surface area contributed by atoms with Gasteiger partial charge in [-0.2, -0.15) is 0 Å². The molecule has 0 fully saturated rings. The Morgan fingerprint density at radius 3 is 2.82 bits per heavy atom. The van der Waals surface area contributed by atoms with Crippen LogP contribution < -0.4 is 10.1 Å². The highest BCUT2D eigenvalue weighted by atomic mass is 32.1. The number of halogens is 2. The number of ether oxygens (including phenoxy) is 1. The van der Waals surface area contributed by atoms with Gasteiger partial charge in [0.05, 0.1) is 6.42 Å². The summed E-state index contributed by atoms with van der Waals surface area (Å²) in [5, 5.41) is 14.2. The fraction of sp³-hybridized carbons (Fsp3) is 0.267. The van der Waals surface area contributed by atoms with Gasteiger partial charge in [-0.1, -0.05) is 6.07 Å². The van der Waals surface area contributed by atoms with Gasteiger partial charge in [-0.25, -0.2) is 8.78 Å². The summed E-state index contributed by atoms with van der Waals surface area (Å²) in [6.45, 7) is -0.113. The lowest BCUT2D eigenvalue weighted by Crippen LogP contribution is -2.35. The molecule has 4 nitrogen and oxygen atoms in total. The average molecular weight is 327 g/mol. The van der Waals surface area contributed by atoms with E-state index in [9.17, 15) is 18.7 Å². The molecule has 0 radical (unpaired) electrons. The molecule has 118 valence electrons. The topological polar surface area (TPSA) is 58.6 Å². The minimum absolute atomic E-state index is 0.0217. The van der Waals surface area contributed by atoms with Gasteiger partial charge in [0.1, 0.15) is 18.5 Å². The second-order valence-corrected chi connectivity index (χ2v) is 5.63. The number of nitrogens with one attached hydrogen (secondary N) is 1. The third-order valence-electron chi connectivity index (χ3n) is 2.78. The molecule has 0 unspecified atom stereocenters. The summed E-state index contributed by atoms with van der Waals surface area (Å²) in [4.78, 5) is 12.6. The van der Waals surface area contributed by atoms with Crippen molar-refractivity contribution in [3.05, 3.63) is 52.2 Å². The van der Waals surface area contributed by atoms with E-state index in [2.05, 4.69) is 5.32 Å². The van der Waals surface area contributed by atoms with Gasteiger partial charge in [-0.15, -0.1) is 11.3 Å². The van der Waals surface area contributed by atoms with Gasteiger partial charge in [0, 0.05) is 17.5 Å². The minimum atomic E-state index is -1.02. The summed E-state index contributed by atoms with van der Waals surface area (Å²) in [7, 11) is 0. The van der Waals surface area contributed by atoms with Gasteiger partial charge in [-0.05, 0) is 23.6 Å². The normalized spacial score (nSPS) is 12.0. The van der Waals surface area contributed by atoms with E-state index in [0.29, 0.717) is 0 Å². The molecule has 7 heteroatoms. The quantitative estimate of drug-likeness (QED) is 0.819. The van der Waals surface area contributed by atoms with E-state index in [1.165, 1.54) is 17.4 Å². The number of thiophene rings is 1. The molecule has 2 aromatic rings. The van der Waals surface area contributed by atoms with E-state index in [4.69, 9.17) is 4.74 Å². The number of aliphatic hydroxyl groups excluding tert-OH is 1. The van der Waals surface area contributed by atoms with Crippen LogP contribution in [0.3, 0.4) is 0 Å². The molecule has 0 saturated carbocycles. The largest absolute Gasteiger partial charge is 0.491 e. The molecular weight excluding hydrogens is 312 g/mol. The maximum atomic E-state index is 13.0. The summed E-state index contributed by atoms with van der Waals surface area (Å²) in [6.07, 6.45) is -0.686. The average Bonchev–Trinajstić information content (AvgIpc) is 2.99. The Labute approximate surface area is 130 Å². The molecule has 1 heterocycles. The molecule has 0 aliphatic heterocycles. The third-order valence-corrected chi connectivity index (χ3v) is 3.66. The van der Waals surface area contributed by atoms with Crippen molar-refractivity contribution in [2.24, 2.45) is 0 Å². The zero-order valence-electron chi connectivity index (χ0n) is 11.6. The van der Waals surface area contributed by atoms with Crippen molar-refractivity contribution in [2.45, 2.75) is 12.5 Å². The number of carbonyl (C=O) groups excluding carboxylic acids is 1. The summed E-state index contributed by atoms with van der Waals surface area (Å²) >= 11 is 1.48. The highest BCUT2D eigenvalue weighted by Crippen LogP contribution is 2.15. The van der Waals surface area contributed by atoms with Gasteiger partial charge in [-0.3, -0.25) is 4.79 Å². The molecular formula is C15H15F2NO3S. The summed E-state index contributed by atoms with van der Waals surface area (Å²) in [5.41, 5.74) is 0. The Morgan fingerprint density at radius 2 is 2.14 bits per heavy atom. The predicted octanol–water partition coefficient (Wildman–Crippen LogP) is 2.12. The molecule has 1 aromatic heterocycles. The highest BCUT2D eigenvalue weighted by Gasteiger charge is 2.10. The van der Waals surface area contributed by atoms with Crippen molar-refractivity contribution in [1.29, 1.82) is 0 Å². The van der Waals surface area contributed by atoms with Crippen molar-refractivity contribution in [1.82, 2.24) is 5.32 Å². The summed E-state index contributed by atoms with van der Waals surface area (Å²) < 4.78 is 30.8. The van der Waals surface area contributed by atoms with E-state index in [1.807, 2.05) is 17.5 Å². The van der Waals surface area contributed by atoms with Crippen LogP contribution in [-0.2, 0) is 11.2 Å². The van der Waals surface area contributed by atoms with Gasteiger partial charge in [0.2, 0.25) is 5.91 Å². The van der Waals surface area contributed by atoms with E-state index in [0.717, 1.165) is 17.0 Å². The lowest BCUT2D eigenvalue weighted by Gasteiger charge is -2.13. The van der Waals surface area contributed by atoms with Gasteiger partial charge in [0.25, 0.3) is 0 Å². The molecule has 1 amide bonds. The van der Waals surface area contributed by atoms with Crippen LogP contribution in [0, 0.1) is 11.6 Å². The molecule has 1 aromatic carbocycles. The number of hydrogen-bond acceptors (Lipinski definition) is 4. The zero-order valence-corrected chi connectivity index (χ0v) is 12.4. The van der Waals surface area contributed by atoms with Crippen LogP contribution in [0.2, 0.25) is 0 Å². The molecule has 22 heavy (non-hydrogen) atoms. The Kier molecular flexibility index (Phi) is 5.85. The first-order valence-corrected chi connectivity index (χ1v) is 7.47. The molecule has 0 spiro atoms. The van der Waals surface area contributed by atoms with E-state index in [1.54, 1.807) is 0 Å². The molecule has 0 saturated heterocycles. The minimum Gasteiger partial charge on any atom is -0.491 e. The van der Waals surface area contributed by atoms with Gasteiger partial charge >= 0.3 is 0 Å². The summed E-state index contributed by atoms with van der Waals surface area (Å²) in [5.74, 6) is -2.07. The van der Waals surface area contributed by atoms with Crippen molar-refractivity contribution < 1.29 is 23.4 Å². The standard InChI is InChI=1S/C15H15F2NO3S/c16-13-4-3-11(6-14(13)17)21-9-10(19)8-18-15(20)7-12-2-1-5-22-12/h1-6,10,19H,7-9H2,(H,18,20)/t10-/m1/s1. The monoisotopic (exact) mass is 327 g/mol. The van der Waals surface area contributed by atoms with Gasteiger partial charge in [0.15, 0.2) is 11.6 Å². The fourth-order valence-electron chi connectivity index (χ4n) is 1.68. The fourth-order valence-corrected chi connectivity index (χ4v) is 2.39. The Morgan fingerprint density at radius 1 is 1.32 bits per heavy atom. The first-order valence-electron chi connectivity index (χ1n) is 6.59. The number of aliphatic hydroxyl groups is 1. The van der Waals surface area contributed by atoms with Crippen LogP contribution in [0.15, 0.2) is 35.7 Å². The van der Waals surface area contributed by atoms with Crippen LogP contribution in [0.4, 0.5) is 8.78 Å². The van der Waals surface area contributed by atoms with Crippen LogP contribution in [0.1, 0.15) is 4.88 Å². The third kappa shape index (κ3) is 5.09. The predicted molar refractivity (Wildman–Crippen MR) is 78.9 cm³/mol. The molecule has 0 bridgehead atoms. The number of carbonyl (C=O) groups is 1. The highest BCUT2D eigenvalue weighted by molar-refractivity contribution is 7.10. The van der Waals surface area contributed by atoms with E-state index in [-0.39, 0.29) is 31.2 Å². The molecule has 0 aliphatic carbocycles. The number of rotatable bonds is 7. The van der Waals surface area contributed by atoms with Crippen LogP contribution in [0.5, 0.6) is 5.75 Å². The number of benzene rings is 1. The van der Waals surface area contributed by atoms with Crippen LogP contribution >= 0.6 is 11.3 Å². The first kappa shape index (κ1) is 16.4. The molecule has 0 aliphatic rings. The SMILES string of the molecule is O=C(Cc1cccs1)NC[C@@H](O)COc1ccc(F)c(F)c1. The van der Waals surface area contributed by atoms with Crippen molar-refractivity contribution in [2.75, 3.05) is 13.2 Å². The lowest BCUT2D eigenvalue weighted by atomic mass is 10.3. The van der Waals surface area contributed by atoms with Crippen molar-refractivity contribution in [3.63, 3.8) is 0 Å². The second-order valence-electron chi connectivity index (χ2n) is 4.60. The zero-order chi connectivity index (χ0) is 15.9. The Balaban J connectivity index is 1.70. The maximum Gasteiger partial charge on any atom is 0.225 e.